The predicted molar refractivity (Wildman–Crippen MR) is 67.8 cm³/mol. The molecular weight excluding hydrogens is 256 g/mol. The van der Waals surface area contributed by atoms with Gasteiger partial charge in [0.25, 0.3) is 6.43 Å². The summed E-state index contributed by atoms with van der Waals surface area (Å²) < 4.78 is 30.3. The molecule has 0 fully saturated rings. The molecule has 0 aliphatic carbocycles. The van der Waals surface area contributed by atoms with Crippen molar-refractivity contribution in [3.05, 3.63) is 18.6 Å². The van der Waals surface area contributed by atoms with E-state index in [4.69, 9.17) is 4.74 Å². The second kappa shape index (κ2) is 6.28. The predicted octanol–water partition coefficient (Wildman–Crippen LogP) is 1.46. The van der Waals surface area contributed by atoms with Gasteiger partial charge in [0.2, 0.25) is 0 Å². The van der Waals surface area contributed by atoms with Crippen molar-refractivity contribution >= 4 is 17.3 Å². The number of hydrogen-bond acceptors (Lipinski definition) is 5. The number of fused-ring (bicyclic) bond motifs is 1. The molecule has 0 bridgehead atoms. The van der Waals surface area contributed by atoms with Gasteiger partial charge >= 0.3 is 0 Å². The Morgan fingerprint density at radius 2 is 2.32 bits per heavy atom. The molecule has 0 saturated carbocycles. The van der Waals surface area contributed by atoms with Gasteiger partial charge < -0.3 is 19.8 Å². The maximum atomic E-state index is 11.9. The molecule has 2 N–H and O–H groups in total. The van der Waals surface area contributed by atoms with Gasteiger partial charge in [0.15, 0.2) is 11.5 Å². The highest BCUT2D eigenvalue weighted by Crippen LogP contribution is 2.15. The van der Waals surface area contributed by atoms with Gasteiger partial charge in [-0.1, -0.05) is 0 Å². The zero-order chi connectivity index (χ0) is 13.7. The smallest absolute Gasteiger partial charge is 0.261 e. The second-order valence-electron chi connectivity index (χ2n) is 3.78. The van der Waals surface area contributed by atoms with E-state index < -0.39 is 13.0 Å². The quantitative estimate of drug-likeness (QED) is 0.747. The van der Waals surface area contributed by atoms with Crippen LogP contribution in [-0.4, -0.2) is 47.6 Å². The van der Waals surface area contributed by atoms with Crippen LogP contribution in [0.15, 0.2) is 18.6 Å². The van der Waals surface area contributed by atoms with E-state index in [0.717, 1.165) is 0 Å². The minimum atomic E-state index is -2.44. The summed E-state index contributed by atoms with van der Waals surface area (Å²) in [6.07, 6.45) is 2.83. The molecule has 2 heterocycles. The Labute approximate surface area is 108 Å². The Kier molecular flexibility index (Phi) is 4.45. The van der Waals surface area contributed by atoms with Crippen LogP contribution in [0.1, 0.15) is 0 Å². The summed E-state index contributed by atoms with van der Waals surface area (Å²) in [7, 11) is 1.76. The standard InChI is InChI=1S/C11H15F2N5O/c1-14-9-6-18-4-2-16-11(18)10(17-9)15-3-5-19-7-8(12)13/h2,4,6,8,14H,3,5,7H2,1H3,(H,15,17). The van der Waals surface area contributed by atoms with Gasteiger partial charge in [0.05, 0.1) is 12.8 Å². The lowest BCUT2D eigenvalue weighted by Gasteiger charge is -2.09. The number of halogens is 2. The van der Waals surface area contributed by atoms with Gasteiger partial charge in [-0.15, -0.1) is 0 Å². The monoisotopic (exact) mass is 271 g/mol. The Morgan fingerprint density at radius 3 is 3.05 bits per heavy atom. The molecule has 0 aliphatic rings. The molecule has 0 saturated heterocycles. The van der Waals surface area contributed by atoms with Crippen molar-refractivity contribution in [2.75, 3.05) is 37.4 Å². The molecule has 2 rings (SSSR count). The Morgan fingerprint density at radius 1 is 1.47 bits per heavy atom. The fourth-order valence-corrected chi connectivity index (χ4v) is 1.58. The number of anilines is 2. The first-order valence-electron chi connectivity index (χ1n) is 5.82. The van der Waals surface area contributed by atoms with Crippen LogP contribution in [0.5, 0.6) is 0 Å². The van der Waals surface area contributed by atoms with Gasteiger partial charge in [-0.05, 0) is 0 Å². The summed E-state index contributed by atoms with van der Waals surface area (Å²) in [5, 5.41) is 5.95. The first-order chi connectivity index (χ1) is 9.20. The molecule has 2 aromatic rings. The van der Waals surface area contributed by atoms with Crippen LogP contribution in [0.25, 0.3) is 5.65 Å². The zero-order valence-corrected chi connectivity index (χ0v) is 10.4. The van der Waals surface area contributed by atoms with E-state index in [-0.39, 0.29) is 6.61 Å². The molecule has 2 aromatic heterocycles. The lowest BCUT2D eigenvalue weighted by Crippen LogP contribution is -2.14. The number of rotatable bonds is 7. The summed E-state index contributed by atoms with van der Waals surface area (Å²) in [6, 6.07) is 0. The van der Waals surface area contributed by atoms with E-state index in [2.05, 4.69) is 20.6 Å². The lowest BCUT2D eigenvalue weighted by atomic mass is 10.5. The van der Waals surface area contributed by atoms with Crippen LogP contribution >= 0.6 is 0 Å². The van der Waals surface area contributed by atoms with E-state index in [9.17, 15) is 8.78 Å². The van der Waals surface area contributed by atoms with E-state index in [1.165, 1.54) is 0 Å². The van der Waals surface area contributed by atoms with Crippen LogP contribution in [-0.2, 0) is 4.74 Å². The number of aromatic nitrogens is 3. The van der Waals surface area contributed by atoms with Crippen LogP contribution in [0.2, 0.25) is 0 Å². The molecule has 0 atom stereocenters. The molecule has 6 nitrogen and oxygen atoms in total. The molecule has 0 amide bonds. The number of nitrogens with zero attached hydrogens (tertiary/aromatic N) is 3. The van der Waals surface area contributed by atoms with Crippen LogP contribution in [0.3, 0.4) is 0 Å². The van der Waals surface area contributed by atoms with Crippen molar-refractivity contribution in [2.24, 2.45) is 0 Å². The van der Waals surface area contributed by atoms with Crippen molar-refractivity contribution in [1.29, 1.82) is 0 Å². The van der Waals surface area contributed by atoms with Crippen LogP contribution in [0, 0.1) is 0 Å². The van der Waals surface area contributed by atoms with Crippen molar-refractivity contribution in [3.63, 3.8) is 0 Å². The van der Waals surface area contributed by atoms with Gasteiger partial charge in [-0.25, -0.2) is 18.7 Å². The molecule has 0 unspecified atom stereocenters. The highest BCUT2D eigenvalue weighted by atomic mass is 19.3. The third kappa shape index (κ3) is 3.50. The molecule has 0 aliphatic heterocycles. The Balaban J connectivity index is 1.97. The van der Waals surface area contributed by atoms with E-state index >= 15 is 0 Å². The first kappa shape index (κ1) is 13.5. The lowest BCUT2D eigenvalue weighted by molar-refractivity contribution is 0.0215. The molecule has 19 heavy (non-hydrogen) atoms. The highest BCUT2D eigenvalue weighted by molar-refractivity contribution is 5.65. The Bertz CT molecular complexity index is 531. The third-order valence-corrected chi connectivity index (χ3v) is 2.41. The molecule has 104 valence electrons. The molecule has 8 heteroatoms. The minimum Gasteiger partial charge on any atom is -0.374 e. The van der Waals surface area contributed by atoms with Crippen molar-refractivity contribution in [2.45, 2.75) is 6.43 Å². The van der Waals surface area contributed by atoms with Gasteiger partial charge in [-0.3, -0.25) is 0 Å². The minimum absolute atomic E-state index is 0.183. The SMILES string of the molecule is CNc1cn2ccnc2c(NCCOCC(F)F)n1. The summed E-state index contributed by atoms with van der Waals surface area (Å²) in [6.45, 7) is 0.0164. The average Bonchev–Trinajstić information content (AvgIpc) is 2.85. The Hall–Kier alpha value is -1.96. The highest BCUT2D eigenvalue weighted by Gasteiger charge is 2.06. The fourth-order valence-electron chi connectivity index (χ4n) is 1.58. The van der Waals surface area contributed by atoms with Crippen molar-refractivity contribution in [3.8, 4) is 0 Å². The average molecular weight is 271 g/mol. The fraction of sp³-hybridized carbons (Fsp3) is 0.455. The van der Waals surface area contributed by atoms with Crippen molar-refractivity contribution < 1.29 is 13.5 Å². The summed E-state index contributed by atoms with van der Waals surface area (Å²) in [5.74, 6) is 1.26. The summed E-state index contributed by atoms with van der Waals surface area (Å²) in [5.41, 5.74) is 0.674. The number of hydrogen-bond donors (Lipinski definition) is 2. The van der Waals surface area contributed by atoms with E-state index in [0.29, 0.717) is 23.8 Å². The maximum absolute atomic E-state index is 11.9. The molecular formula is C11H15F2N5O. The zero-order valence-electron chi connectivity index (χ0n) is 10.4. The van der Waals surface area contributed by atoms with E-state index in [1.54, 1.807) is 25.6 Å². The first-order valence-corrected chi connectivity index (χ1v) is 5.82. The molecule has 0 radical (unpaired) electrons. The van der Waals surface area contributed by atoms with Gasteiger partial charge in [-0.2, -0.15) is 0 Å². The van der Waals surface area contributed by atoms with Crippen LogP contribution in [0.4, 0.5) is 20.4 Å². The number of alkyl halides is 2. The van der Waals surface area contributed by atoms with Crippen molar-refractivity contribution in [1.82, 2.24) is 14.4 Å². The molecule has 0 aromatic carbocycles. The number of imidazole rings is 1. The number of nitrogens with one attached hydrogen (secondary N) is 2. The third-order valence-electron chi connectivity index (χ3n) is 2.41. The summed E-state index contributed by atoms with van der Waals surface area (Å²) in [4.78, 5) is 8.49. The summed E-state index contributed by atoms with van der Waals surface area (Å²) >= 11 is 0. The normalized spacial score (nSPS) is 11.2. The van der Waals surface area contributed by atoms with Crippen LogP contribution < -0.4 is 10.6 Å². The largest absolute Gasteiger partial charge is 0.374 e. The maximum Gasteiger partial charge on any atom is 0.261 e. The molecule has 0 spiro atoms. The number of ether oxygens (including phenoxy) is 1. The van der Waals surface area contributed by atoms with E-state index in [1.807, 2.05) is 4.40 Å². The topological polar surface area (TPSA) is 63.5 Å². The van der Waals surface area contributed by atoms with Gasteiger partial charge in [0, 0.05) is 26.0 Å². The second-order valence-corrected chi connectivity index (χ2v) is 3.78. The van der Waals surface area contributed by atoms with Gasteiger partial charge in [0.1, 0.15) is 12.4 Å².